The fraction of sp³-hybridized carbons (Fsp3) is 0.875. The largest absolute Gasteiger partial charge is 0.463 e. The molecule has 0 aromatic heterocycles. The lowest BCUT2D eigenvalue weighted by Crippen LogP contribution is -2.35. The highest BCUT2D eigenvalue weighted by Gasteiger charge is 2.18. The highest BCUT2D eigenvalue weighted by molar-refractivity contribution is 5.75. The van der Waals surface area contributed by atoms with Gasteiger partial charge in [0.25, 0.3) is 6.02 Å². The minimum Gasteiger partial charge on any atom is -0.463 e. The van der Waals surface area contributed by atoms with Gasteiger partial charge in [-0.1, -0.05) is 0 Å². The van der Waals surface area contributed by atoms with E-state index in [9.17, 15) is 0 Å². The molecule has 0 aromatic carbocycles. The SMILES string of the molecule is C1CCN(C2=NCCO2)CC1. The molecular weight excluding hydrogens is 140 g/mol. The van der Waals surface area contributed by atoms with Crippen molar-refractivity contribution in [2.45, 2.75) is 19.3 Å². The molecule has 3 heteroatoms. The standard InChI is InChI=1S/C8H14N2O/c1-2-5-10(6-3-1)8-9-4-7-11-8/h1-7H2. The molecule has 0 aliphatic carbocycles. The van der Waals surface area contributed by atoms with Crippen LogP contribution in [0, 0.1) is 0 Å². The number of nitrogens with zero attached hydrogens (tertiary/aromatic N) is 2. The summed E-state index contributed by atoms with van der Waals surface area (Å²) in [6.07, 6.45) is 3.95. The number of piperidine rings is 1. The molecule has 2 heterocycles. The number of hydrogen-bond acceptors (Lipinski definition) is 3. The Labute approximate surface area is 67.1 Å². The number of rotatable bonds is 0. The summed E-state index contributed by atoms with van der Waals surface area (Å²) in [4.78, 5) is 6.54. The molecule has 0 saturated carbocycles. The van der Waals surface area contributed by atoms with Gasteiger partial charge in [0, 0.05) is 13.1 Å². The van der Waals surface area contributed by atoms with E-state index in [0.717, 1.165) is 32.3 Å². The van der Waals surface area contributed by atoms with Gasteiger partial charge < -0.3 is 9.64 Å². The number of ether oxygens (including phenoxy) is 1. The molecule has 2 aliphatic rings. The fourth-order valence-electron chi connectivity index (χ4n) is 1.60. The average molecular weight is 154 g/mol. The first-order chi connectivity index (χ1) is 5.47. The molecular formula is C8H14N2O. The molecule has 62 valence electrons. The van der Waals surface area contributed by atoms with E-state index in [2.05, 4.69) is 9.89 Å². The van der Waals surface area contributed by atoms with E-state index in [1.165, 1.54) is 19.3 Å². The van der Waals surface area contributed by atoms with E-state index < -0.39 is 0 Å². The topological polar surface area (TPSA) is 24.8 Å². The van der Waals surface area contributed by atoms with Crippen LogP contribution in [0.2, 0.25) is 0 Å². The number of amidine groups is 1. The molecule has 0 unspecified atom stereocenters. The second kappa shape index (κ2) is 3.11. The van der Waals surface area contributed by atoms with Gasteiger partial charge in [0.2, 0.25) is 0 Å². The van der Waals surface area contributed by atoms with Crippen molar-refractivity contribution < 1.29 is 4.74 Å². The first-order valence-electron chi connectivity index (χ1n) is 4.39. The molecule has 3 nitrogen and oxygen atoms in total. The molecule has 0 aromatic rings. The molecule has 2 rings (SSSR count). The molecule has 0 atom stereocenters. The summed E-state index contributed by atoms with van der Waals surface area (Å²) in [5.41, 5.74) is 0. The molecule has 2 aliphatic heterocycles. The molecule has 0 N–H and O–H groups in total. The van der Waals surface area contributed by atoms with Crippen LogP contribution < -0.4 is 0 Å². The van der Waals surface area contributed by atoms with Crippen molar-refractivity contribution in [2.24, 2.45) is 4.99 Å². The van der Waals surface area contributed by atoms with Crippen molar-refractivity contribution in [1.82, 2.24) is 4.90 Å². The minimum absolute atomic E-state index is 0.784. The van der Waals surface area contributed by atoms with Crippen LogP contribution in [-0.2, 0) is 4.74 Å². The van der Waals surface area contributed by atoms with Crippen LogP contribution >= 0.6 is 0 Å². The van der Waals surface area contributed by atoms with Crippen LogP contribution in [0.1, 0.15) is 19.3 Å². The quantitative estimate of drug-likeness (QED) is 0.517. The Bertz CT molecular complexity index is 161. The predicted octanol–water partition coefficient (Wildman–Crippen LogP) is 0.858. The van der Waals surface area contributed by atoms with Crippen LogP contribution in [0.15, 0.2) is 4.99 Å². The van der Waals surface area contributed by atoms with Gasteiger partial charge in [0.1, 0.15) is 6.61 Å². The Morgan fingerprint density at radius 2 is 2.00 bits per heavy atom. The second-order valence-corrected chi connectivity index (χ2v) is 3.06. The normalized spacial score (nSPS) is 24.7. The summed E-state index contributed by atoms with van der Waals surface area (Å²) in [6, 6.07) is 0.893. The van der Waals surface area contributed by atoms with Crippen LogP contribution in [0.4, 0.5) is 0 Å². The summed E-state index contributed by atoms with van der Waals surface area (Å²) < 4.78 is 5.37. The molecule has 1 saturated heterocycles. The molecule has 0 spiro atoms. The van der Waals surface area contributed by atoms with Crippen molar-refractivity contribution in [3.05, 3.63) is 0 Å². The Balaban J connectivity index is 1.92. The van der Waals surface area contributed by atoms with Crippen LogP contribution in [0.25, 0.3) is 0 Å². The summed E-state index contributed by atoms with van der Waals surface area (Å²) in [7, 11) is 0. The summed E-state index contributed by atoms with van der Waals surface area (Å²) in [5.74, 6) is 0. The molecule has 0 bridgehead atoms. The maximum atomic E-state index is 5.37. The maximum Gasteiger partial charge on any atom is 0.287 e. The van der Waals surface area contributed by atoms with Gasteiger partial charge in [-0.05, 0) is 19.3 Å². The van der Waals surface area contributed by atoms with Gasteiger partial charge in [0.15, 0.2) is 0 Å². The lowest BCUT2D eigenvalue weighted by molar-refractivity contribution is 0.240. The summed E-state index contributed by atoms with van der Waals surface area (Å²) >= 11 is 0. The lowest BCUT2D eigenvalue weighted by atomic mass is 10.1. The van der Waals surface area contributed by atoms with E-state index >= 15 is 0 Å². The molecule has 11 heavy (non-hydrogen) atoms. The minimum atomic E-state index is 0.784. The Hall–Kier alpha value is -0.730. The first kappa shape index (κ1) is 6.95. The third kappa shape index (κ3) is 1.47. The van der Waals surface area contributed by atoms with E-state index in [4.69, 9.17) is 4.74 Å². The summed E-state index contributed by atoms with van der Waals surface area (Å²) in [5, 5.41) is 0. The Morgan fingerprint density at radius 1 is 1.18 bits per heavy atom. The van der Waals surface area contributed by atoms with Crippen molar-refractivity contribution in [1.29, 1.82) is 0 Å². The van der Waals surface area contributed by atoms with E-state index in [0.29, 0.717) is 0 Å². The zero-order valence-electron chi connectivity index (χ0n) is 6.75. The smallest absolute Gasteiger partial charge is 0.287 e. The van der Waals surface area contributed by atoms with Crippen molar-refractivity contribution in [2.75, 3.05) is 26.2 Å². The highest BCUT2D eigenvalue weighted by atomic mass is 16.5. The van der Waals surface area contributed by atoms with Crippen LogP contribution in [0.3, 0.4) is 0 Å². The van der Waals surface area contributed by atoms with E-state index in [1.54, 1.807) is 0 Å². The lowest BCUT2D eigenvalue weighted by Gasteiger charge is -2.26. The average Bonchev–Trinajstić information content (AvgIpc) is 2.58. The van der Waals surface area contributed by atoms with Crippen LogP contribution in [-0.4, -0.2) is 37.2 Å². The van der Waals surface area contributed by atoms with E-state index in [1.807, 2.05) is 0 Å². The van der Waals surface area contributed by atoms with E-state index in [-0.39, 0.29) is 0 Å². The van der Waals surface area contributed by atoms with Gasteiger partial charge in [-0.3, -0.25) is 0 Å². The Morgan fingerprint density at radius 3 is 2.64 bits per heavy atom. The predicted molar refractivity (Wildman–Crippen MR) is 43.7 cm³/mol. The van der Waals surface area contributed by atoms with Crippen molar-refractivity contribution in [3.63, 3.8) is 0 Å². The Kier molecular flexibility index (Phi) is 1.97. The van der Waals surface area contributed by atoms with Crippen molar-refractivity contribution >= 4 is 6.02 Å². The van der Waals surface area contributed by atoms with Gasteiger partial charge in [-0.15, -0.1) is 0 Å². The third-order valence-corrected chi connectivity index (χ3v) is 2.20. The van der Waals surface area contributed by atoms with Gasteiger partial charge in [-0.25, -0.2) is 4.99 Å². The first-order valence-corrected chi connectivity index (χ1v) is 4.39. The number of aliphatic imine (C=N–C) groups is 1. The third-order valence-electron chi connectivity index (χ3n) is 2.20. The molecule has 0 radical (unpaired) electrons. The molecule has 1 fully saturated rings. The van der Waals surface area contributed by atoms with Gasteiger partial charge in [0.05, 0.1) is 6.54 Å². The monoisotopic (exact) mass is 154 g/mol. The van der Waals surface area contributed by atoms with Gasteiger partial charge in [-0.2, -0.15) is 0 Å². The molecule has 0 amide bonds. The fourth-order valence-corrected chi connectivity index (χ4v) is 1.60. The van der Waals surface area contributed by atoms with Crippen LogP contribution in [0.5, 0.6) is 0 Å². The second-order valence-electron chi connectivity index (χ2n) is 3.06. The van der Waals surface area contributed by atoms with Gasteiger partial charge >= 0.3 is 0 Å². The van der Waals surface area contributed by atoms with Crippen molar-refractivity contribution in [3.8, 4) is 0 Å². The highest BCUT2D eigenvalue weighted by Crippen LogP contribution is 2.11. The zero-order valence-corrected chi connectivity index (χ0v) is 6.75. The number of likely N-dealkylation sites (tertiary alicyclic amines) is 1. The summed E-state index contributed by atoms with van der Waals surface area (Å²) in [6.45, 7) is 3.91. The zero-order chi connectivity index (χ0) is 7.52. The number of hydrogen-bond donors (Lipinski definition) is 0. The maximum absolute atomic E-state index is 5.37.